The molecule has 0 spiro atoms. The third-order valence-corrected chi connectivity index (χ3v) is 4.84. The minimum atomic E-state index is 0.0966. The summed E-state index contributed by atoms with van der Waals surface area (Å²) in [5.74, 6) is 0.935. The number of nitrogens with zero attached hydrogens (tertiary/aromatic N) is 1. The number of hydrogen-bond donors (Lipinski definition) is 1. The Balaban J connectivity index is 1.76. The summed E-state index contributed by atoms with van der Waals surface area (Å²) in [7, 11) is 0. The van der Waals surface area contributed by atoms with Crippen LogP contribution in [0.3, 0.4) is 0 Å². The largest absolute Gasteiger partial charge is 0.326 e. The summed E-state index contributed by atoms with van der Waals surface area (Å²) in [6.45, 7) is 7.47. The van der Waals surface area contributed by atoms with Gasteiger partial charge in [-0.25, -0.2) is 0 Å². The number of hydrogen-bond acceptors (Lipinski definition) is 2. The molecule has 20 heavy (non-hydrogen) atoms. The van der Waals surface area contributed by atoms with Crippen molar-refractivity contribution in [3.63, 3.8) is 0 Å². The molecule has 1 aromatic rings. The Bertz CT molecular complexity index is 468. The topological polar surface area (TPSA) is 32.3 Å². The maximum atomic E-state index is 12.0. The van der Waals surface area contributed by atoms with Crippen molar-refractivity contribution in [3.8, 4) is 0 Å². The summed E-state index contributed by atoms with van der Waals surface area (Å²) < 4.78 is 1.03. The monoisotopic (exact) mass is 338 g/mol. The molecule has 3 nitrogen and oxygen atoms in total. The summed E-state index contributed by atoms with van der Waals surface area (Å²) in [5.41, 5.74) is 2.03. The summed E-state index contributed by atoms with van der Waals surface area (Å²) in [6.07, 6.45) is 3.08. The van der Waals surface area contributed by atoms with Gasteiger partial charge in [0.1, 0.15) is 0 Å². The average molecular weight is 339 g/mol. The number of halogens is 1. The summed E-state index contributed by atoms with van der Waals surface area (Å²) in [4.78, 5) is 14.4. The highest BCUT2D eigenvalue weighted by molar-refractivity contribution is 9.10. The highest BCUT2D eigenvalue weighted by Gasteiger charge is 2.16. The van der Waals surface area contributed by atoms with Crippen molar-refractivity contribution < 1.29 is 4.79 Å². The van der Waals surface area contributed by atoms with E-state index in [4.69, 9.17) is 0 Å². The number of carbonyl (C=O) groups is 1. The van der Waals surface area contributed by atoms with Gasteiger partial charge in [-0.15, -0.1) is 0 Å². The van der Waals surface area contributed by atoms with E-state index in [0.717, 1.165) is 35.7 Å². The molecule has 4 heteroatoms. The molecule has 0 bridgehead atoms. The molecule has 1 aromatic carbocycles. The van der Waals surface area contributed by atoms with Gasteiger partial charge in [0, 0.05) is 23.1 Å². The number of amides is 1. The second-order valence-electron chi connectivity index (χ2n) is 5.79. The minimum Gasteiger partial charge on any atom is -0.326 e. The normalized spacial score (nSPS) is 17.1. The van der Waals surface area contributed by atoms with E-state index in [1.807, 2.05) is 25.1 Å². The highest BCUT2D eigenvalue weighted by Crippen LogP contribution is 2.21. The Labute approximate surface area is 129 Å². The van der Waals surface area contributed by atoms with Crippen LogP contribution in [0.2, 0.25) is 0 Å². The lowest BCUT2D eigenvalue weighted by atomic mass is 9.99. The van der Waals surface area contributed by atoms with Crippen molar-refractivity contribution >= 4 is 27.5 Å². The molecule has 0 atom stereocenters. The number of piperidine rings is 1. The van der Waals surface area contributed by atoms with Crippen LogP contribution in [0.5, 0.6) is 0 Å². The fraction of sp³-hybridized carbons (Fsp3) is 0.562. The fourth-order valence-electron chi connectivity index (χ4n) is 2.44. The predicted octanol–water partition coefficient (Wildman–Crippen LogP) is 3.82. The molecular formula is C16H23BrN2O. The minimum absolute atomic E-state index is 0.0966. The van der Waals surface area contributed by atoms with Crippen molar-refractivity contribution in [2.24, 2.45) is 5.92 Å². The van der Waals surface area contributed by atoms with Crippen LogP contribution in [0.25, 0.3) is 0 Å². The van der Waals surface area contributed by atoms with Gasteiger partial charge in [0.2, 0.25) is 5.91 Å². The zero-order chi connectivity index (χ0) is 14.5. The smallest absolute Gasteiger partial charge is 0.225 e. The molecule has 1 N–H and O–H groups in total. The first-order valence-corrected chi connectivity index (χ1v) is 8.12. The van der Waals surface area contributed by atoms with Gasteiger partial charge >= 0.3 is 0 Å². The van der Waals surface area contributed by atoms with Gasteiger partial charge in [0.05, 0.1) is 0 Å². The first kappa shape index (κ1) is 15.5. The summed E-state index contributed by atoms with van der Waals surface area (Å²) in [5, 5.41) is 2.96. The number of aryl methyl sites for hydroxylation is 1. The van der Waals surface area contributed by atoms with Crippen LogP contribution < -0.4 is 5.32 Å². The molecule has 1 aliphatic heterocycles. The van der Waals surface area contributed by atoms with Gasteiger partial charge in [0.25, 0.3) is 0 Å². The van der Waals surface area contributed by atoms with Gasteiger partial charge in [-0.3, -0.25) is 4.79 Å². The van der Waals surface area contributed by atoms with E-state index < -0.39 is 0 Å². The summed E-state index contributed by atoms with van der Waals surface area (Å²) >= 11 is 3.48. The maximum Gasteiger partial charge on any atom is 0.225 e. The zero-order valence-electron chi connectivity index (χ0n) is 12.3. The summed E-state index contributed by atoms with van der Waals surface area (Å²) in [6, 6.07) is 5.90. The van der Waals surface area contributed by atoms with Crippen molar-refractivity contribution in [2.45, 2.75) is 33.1 Å². The molecule has 2 rings (SSSR count). The van der Waals surface area contributed by atoms with Gasteiger partial charge in [0.15, 0.2) is 0 Å². The predicted molar refractivity (Wildman–Crippen MR) is 87.0 cm³/mol. The van der Waals surface area contributed by atoms with Gasteiger partial charge in [-0.05, 0) is 56.5 Å². The Hall–Kier alpha value is -0.870. The van der Waals surface area contributed by atoms with Crippen molar-refractivity contribution in [3.05, 3.63) is 28.2 Å². The Morgan fingerprint density at radius 2 is 2.10 bits per heavy atom. The van der Waals surface area contributed by atoms with Crippen LogP contribution >= 0.6 is 15.9 Å². The number of benzene rings is 1. The van der Waals surface area contributed by atoms with Crippen molar-refractivity contribution in [1.82, 2.24) is 4.90 Å². The second-order valence-corrected chi connectivity index (χ2v) is 6.64. The Kier molecular flexibility index (Phi) is 5.61. The quantitative estimate of drug-likeness (QED) is 0.905. The van der Waals surface area contributed by atoms with E-state index >= 15 is 0 Å². The van der Waals surface area contributed by atoms with E-state index in [-0.39, 0.29) is 5.91 Å². The lowest BCUT2D eigenvalue weighted by Gasteiger charge is -2.29. The van der Waals surface area contributed by atoms with Crippen LogP contribution in [0, 0.1) is 12.8 Å². The van der Waals surface area contributed by atoms with Crippen molar-refractivity contribution in [1.29, 1.82) is 0 Å². The number of anilines is 1. The van der Waals surface area contributed by atoms with E-state index in [9.17, 15) is 4.79 Å². The van der Waals surface area contributed by atoms with Crippen LogP contribution in [-0.4, -0.2) is 30.4 Å². The number of carbonyl (C=O) groups excluding carboxylic acids is 1. The Morgan fingerprint density at radius 1 is 1.40 bits per heavy atom. The van der Waals surface area contributed by atoms with Crippen molar-refractivity contribution in [2.75, 3.05) is 25.0 Å². The van der Waals surface area contributed by atoms with Crippen LogP contribution in [-0.2, 0) is 4.79 Å². The lowest BCUT2D eigenvalue weighted by Crippen LogP contribution is -2.35. The molecular weight excluding hydrogens is 316 g/mol. The molecule has 0 unspecified atom stereocenters. The molecule has 1 saturated heterocycles. The number of likely N-dealkylation sites (tertiary alicyclic amines) is 1. The first-order chi connectivity index (χ1) is 9.54. The Morgan fingerprint density at radius 3 is 2.75 bits per heavy atom. The number of nitrogens with one attached hydrogen (secondary N) is 1. The van der Waals surface area contributed by atoms with E-state index in [0.29, 0.717) is 6.42 Å². The third kappa shape index (κ3) is 4.60. The standard InChI is InChI=1S/C16H23BrN2O/c1-12-5-8-19(9-6-12)10-7-16(20)18-14-4-3-13(2)15(17)11-14/h3-4,11-12H,5-10H2,1-2H3,(H,18,20). The third-order valence-electron chi connectivity index (χ3n) is 3.99. The van der Waals surface area contributed by atoms with Crippen LogP contribution in [0.4, 0.5) is 5.69 Å². The van der Waals surface area contributed by atoms with E-state index in [1.54, 1.807) is 0 Å². The molecule has 110 valence electrons. The molecule has 0 saturated carbocycles. The molecule has 1 aliphatic rings. The maximum absolute atomic E-state index is 12.0. The van der Waals surface area contributed by atoms with Gasteiger partial charge in [-0.2, -0.15) is 0 Å². The average Bonchev–Trinajstić information content (AvgIpc) is 2.42. The fourth-order valence-corrected chi connectivity index (χ4v) is 2.82. The molecule has 0 aliphatic carbocycles. The molecule has 0 aromatic heterocycles. The van der Waals surface area contributed by atoms with Gasteiger partial charge in [-0.1, -0.05) is 28.9 Å². The molecule has 1 fully saturated rings. The van der Waals surface area contributed by atoms with E-state index in [1.165, 1.54) is 18.4 Å². The highest BCUT2D eigenvalue weighted by atomic mass is 79.9. The zero-order valence-corrected chi connectivity index (χ0v) is 13.9. The first-order valence-electron chi connectivity index (χ1n) is 7.33. The molecule has 1 heterocycles. The molecule has 0 radical (unpaired) electrons. The SMILES string of the molecule is Cc1ccc(NC(=O)CCN2CCC(C)CC2)cc1Br. The second kappa shape index (κ2) is 7.23. The van der Waals surface area contributed by atoms with Crippen LogP contribution in [0.1, 0.15) is 31.7 Å². The van der Waals surface area contributed by atoms with Crippen LogP contribution in [0.15, 0.2) is 22.7 Å². The molecule has 1 amide bonds. The van der Waals surface area contributed by atoms with Gasteiger partial charge < -0.3 is 10.2 Å². The lowest BCUT2D eigenvalue weighted by molar-refractivity contribution is -0.116. The number of rotatable bonds is 4. The van der Waals surface area contributed by atoms with E-state index in [2.05, 4.69) is 33.1 Å².